The largest absolute Gasteiger partial charge is 0.462 e. The van der Waals surface area contributed by atoms with Gasteiger partial charge < -0.3 is 10.5 Å². The molecule has 2 aromatic rings. The van der Waals surface area contributed by atoms with E-state index in [2.05, 4.69) is 6.07 Å². The molecular formula is C19H18N2O2. The van der Waals surface area contributed by atoms with Crippen LogP contribution < -0.4 is 5.73 Å². The molecule has 3 rings (SSSR count). The Morgan fingerprint density at radius 2 is 2.09 bits per heavy atom. The number of hydrogen-bond acceptors (Lipinski definition) is 4. The van der Waals surface area contributed by atoms with E-state index in [4.69, 9.17) is 10.5 Å². The van der Waals surface area contributed by atoms with Gasteiger partial charge in [-0.15, -0.1) is 0 Å². The van der Waals surface area contributed by atoms with E-state index in [1.807, 2.05) is 31.2 Å². The number of carbonyl (C=O) groups is 1. The Hall–Kier alpha value is -2.80. The van der Waals surface area contributed by atoms with Gasteiger partial charge >= 0.3 is 5.97 Å². The number of nitriles is 1. The molecule has 23 heavy (non-hydrogen) atoms. The minimum Gasteiger partial charge on any atom is -0.462 e. The van der Waals surface area contributed by atoms with Crippen LogP contribution in [-0.4, -0.2) is 12.6 Å². The molecule has 0 saturated carbocycles. The summed E-state index contributed by atoms with van der Waals surface area (Å²) < 4.78 is 5.25. The molecule has 1 aliphatic carbocycles. The number of nitrogen functional groups attached to an aromatic ring is 1. The molecule has 0 amide bonds. The van der Waals surface area contributed by atoms with E-state index in [0.717, 1.165) is 22.3 Å². The monoisotopic (exact) mass is 306 g/mol. The van der Waals surface area contributed by atoms with Gasteiger partial charge in [-0.25, -0.2) is 4.79 Å². The van der Waals surface area contributed by atoms with E-state index >= 15 is 0 Å². The predicted molar refractivity (Wildman–Crippen MR) is 89.1 cm³/mol. The molecule has 0 atom stereocenters. The third kappa shape index (κ3) is 2.17. The van der Waals surface area contributed by atoms with Gasteiger partial charge in [-0.05, 0) is 42.0 Å². The van der Waals surface area contributed by atoms with E-state index in [-0.39, 0.29) is 5.97 Å². The Morgan fingerprint density at radius 3 is 2.74 bits per heavy atom. The Labute approximate surface area is 135 Å². The zero-order valence-electron chi connectivity index (χ0n) is 13.3. The van der Waals surface area contributed by atoms with Crippen LogP contribution in [0, 0.1) is 11.3 Å². The first-order valence-electron chi connectivity index (χ1n) is 7.76. The van der Waals surface area contributed by atoms with Crippen LogP contribution in [0.1, 0.15) is 46.5 Å². The van der Waals surface area contributed by atoms with E-state index < -0.39 is 0 Å². The van der Waals surface area contributed by atoms with Gasteiger partial charge in [0.25, 0.3) is 0 Å². The summed E-state index contributed by atoms with van der Waals surface area (Å²) in [6.07, 6.45) is 1.21. The number of carbonyl (C=O) groups excluding carboxylic acids is 1. The number of nitrogens with zero attached hydrogens (tertiary/aromatic N) is 1. The average molecular weight is 306 g/mol. The van der Waals surface area contributed by atoms with Gasteiger partial charge in [0.1, 0.15) is 6.07 Å². The molecule has 0 heterocycles. The summed E-state index contributed by atoms with van der Waals surface area (Å²) >= 11 is 0. The number of rotatable bonds is 3. The minimum absolute atomic E-state index is 0.309. The third-order valence-corrected chi connectivity index (χ3v) is 4.35. The number of anilines is 1. The summed E-state index contributed by atoms with van der Waals surface area (Å²) in [7, 11) is 0. The van der Waals surface area contributed by atoms with Crippen LogP contribution in [0.15, 0.2) is 24.3 Å². The van der Waals surface area contributed by atoms with Crippen LogP contribution in [-0.2, 0) is 17.6 Å². The van der Waals surface area contributed by atoms with Gasteiger partial charge in [0.15, 0.2) is 0 Å². The topological polar surface area (TPSA) is 76.1 Å². The number of hydrogen-bond donors (Lipinski definition) is 1. The van der Waals surface area contributed by atoms with Crippen molar-refractivity contribution in [2.24, 2.45) is 0 Å². The van der Waals surface area contributed by atoms with Crippen molar-refractivity contribution in [3.63, 3.8) is 0 Å². The molecule has 0 saturated heterocycles. The van der Waals surface area contributed by atoms with Crippen molar-refractivity contribution < 1.29 is 9.53 Å². The third-order valence-electron chi connectivity index (χ3n) is 4.35. The van der Waals surface area contributed by atoms with Crippen molar-refractivity contribution >= 4 is 11.7 Å². The molecule has 0 aliphatic heterocycles. The maximum absolute atomic E-state index is 12.5. The lowest BCUT2D eigenvalue weighted by Crippen LogP contribution is -2.14. The van der Waals surface area contributed by atoms with Gasteiger partial charge in [0.2, 0.25) is 0 Å². The van der Waals surface area contributed by atoms with E-state index in [9.17, 15) is 10.1 Å². The minimum atomic E-state index is -0.357. The first-order valence-corrected chi connectivity index (χ1v) is 7.76. The molecule has 2 N–H and O–H groups in total. The van der Waals surface area contributed by atoms with Crippen molar-refractivity contribution in [3.8, 4) is 17.2 Å². The molecule has 0 radical (unpaired) electrons. The molecule has 0 fully saturated rings. The molecule has 0 aromatic heterocycles. The van der Waals surface area contributed by atoms with Crippen LogP contribution in [0.25, 0.3) is 11.1 Å². The summed E-state index contributed by atoms with van der Waals surface area (Å²) in [6.45, 7) is 4.03. The van der Waals surface area contributed by atoms with Crippen LogP contribution in [0.5, 0.6) is 0 Å². The van der Waals surface area contributed by atoms with Crippen LogP contribution in [0.4, 0.5) is 5.69 Å². The highest BCUT2D eigenvalue weighted by Crippen LogP contribution is 2.44. The highest BCUT2D eigenvalue weighted by molar-refractivity contribution is 6.01. The number of esters is 1. The molecular weight excluding hydrogens is 288 g/mol. The summed E-state index contributed by atoms with van der Waals surface area (Å²) in [4.78, 5) is 12.5. The molecule has 116 valence electrons. The highest BCUT2D eigenvalue weighted by Gasteiger charge is 2.31. The van der Waals surface area contributed by atoms with Crippen LogP contribution in [0.2, 0.25) is 0 Å². The van der Waals surface area contributed by atoms with E-state index in [1.165, 1.54) is 0 Å². The predicted octanol–water partition coefficient (Wildman–Crippen LogP) is 3.45. The lowest BCUT2D eigenvalue weighted by molar-refractivity contribution is 0.0524. The lowest BCUT2D eigenvalue weighted by atomic mass is 9.89. The molecule has 2 aromatic carbocycles. The molecule has 0 bridgehead atoms. The fourth-order valence-corrected chi connectivity index (χ4v) is 3.39. The second kappa shape index (κ2) is 5.77. The quantitative estimate of drug-likeness (QED) is 0.594. The zero-order chi connectivity index (χ0) is 16.6. The second-order valence-electron chi connectivity index (χ2n) is 5.52. The molecule has 4 heteroatoms. The fourth-order valence-electron chi connectivity index (χ4n) is 3.39. The SMILES string of the molecule is CCOC(=O)c1c(CC)c(N)c(C#N)c2c1Cc1ccccc1-2. The van der Waals surface area contributed by atoms with Gasteiger partial charge in [-0.2, -0.15) is 5.26 Å². The van der Waals surface area contributed by atoms with Crippen LogP contribution >= 0.6 is 0 Å². The van der Waals surface area contributed by atoms with Crippen molar-refractivity contribution in [1.29, 1.82) is 5.26 Å². The average Bonchev–Trinajstić information content (AvgIpc) is 2.93. The highest BCUT2D eigenvalue weighted by atomic mass is 16.5. The smallest absolute Gasteiger partial charge is 0.338 e. The first-order chi connectivity index (χ1) is 11.1. The van der Waals surface area contributed by atoms with E-state index in [0.29, 0.717) is 41.8 Å². The molecule has 1 aliphatic rings. The van der Waals surface area contributed by atoms with E-state index in [1.54, 1.807) is 6.92 Å². The van der Waals surface area contributed by atoms with Crippen molar-refractivity contribution in [2.45, 2.75) is 26.7 Å². The fraction of sp³-hybridized carbons (Fsp3) is 0.263. The van der Waals surface area contributed by atoms with Crippen LogP contribution in [0.3, 0.4) is 0 Å². The van der Waals surface area contributed by atoms with Gasteiger partial charge in [-0.1, -0.05) is 31.2 Å². The number of nitrogens with two attached hydrogens (primary N) is 1. The van der Waals surface area contributed by atoms with Gasteiger partial charge in [-0.3, -0.25) is 0 Å². The second-order valence-corrected chi connectivity index (χ2v) is 5.52. The Morgan fingerprint density at radius 1 is 1.35 bits per heavy atom. The summed E-state index contributed by atoms with van der Waals surface area (Å²) in [5.74, 6) is -0.357. The summed E-state index contributed by atoms with van der Waals surface area (Å²) in [5, 5.41) is 9.61. The van der Waals surface area contributed by atoms with Gasteiger partial charge in [0, 0.05) is 5.56 Å². The summed E-state index contributed by atoms with van der Waals surface area (Å²) in [5.41, 5.74) is 12.1. The number of fused-ring (bicyclic) bond motifs is 3. The molecule has 4 nitrogen and oxygen atoms in total. The number of ether oxygens (including phenoxy) is 1. The Bertz CT molecular complexity index is 847. The standard InChI is InChI=1S/C19H18N2O2/c1-3-12-17(19(22)23-4-2)14-9-11-7-5-6-8-13(11)16(14)15(10-20)18(12)21/h5-8H,3-4,9,21H2,1-2H3. The number of benzene rings is 2. The summed E-state index contributed by atoms with van der Waals surface area (Å²) in [6, 6.07) is 10.1. The first kappa shape index (κ1) is 15.1. The normalized spacial score (nSPS) is 11.5. The lowest BCUT2D eigenvalue weighted by Gasteiger charge is -2.17. The molecule has 0 unspecified atom stereocenters. The molecule has 0 spiro atoms. The maximum Gasteiger partial charge on any atom is 0.338 e. The van der Waals surface area contributed by atoms with Gasteiger partial charge in [0.05, 0.1) is 23.4 Å². The van der Waals surface area contributed by atoms with Crippen molar-refractivity contribution in [2.75, 3.05) is 12.3 Å². The maximum atomic E-state index is 12.5. The Balaban J connectivity index is 2.38. The van der Waals surface area contributed by atoms with Crippen molar-refractivity contribution in [3.05, 3.63) is 52.1 Å². The zero-order valence-corrected chi connectivity index (χ0v) is 13.3. The van der Waals surface area contributed by atoms with Crippen molar-refractivity contribution in [1.82, 2.24) is 0 Å². The Kier molecular flexibility index (Phi) is 3.79.